The fraction of sp³-hybridized carbons (Fsp3) is 0.741. The van der Waals surface area contributed by atoms with Gasteiger partial charge in [0.05, 0.1) is 62.9 Å². The average molecular weight is 1430 g/mol. The van der Waals surface area contributed by atoms with E-state index in [1.54, 1.807) is 21.3 Å². The van der Waals surface area contributed by atoms with Crippen molar-refractivity contribution >= 4 is 58.0 Å². The standard InChI is InChI=1S/C30H49NO5.C29H33NO5.C26H43NO5/c1-34-13-14-36-29(33)26-9-7-25(8-10-26)28(32)35-12-11-31(27-5-3-2-4-6-27)21-30-18-22-15-23(19-30)17-24(16-22)20-30;1-33-20-21-35-29(32)26-16-8-7-15-25(26)28(31)34-19-18-30(23-12-3-2-4-13-23)27-17-9-11-22-10-5-6-14-24(22)27;1-30-11-12-32-25(29)8-7-24(28)31-10-9-27(23-5-3-2-4-6-23)19-26-16-20-13-21(17-26)15-22(14-20)18-26/h22-27H,2-21H2,1H3;2-6,9-14,17,25-26H,7-8,15-16,18-21H2,1H3;20-23H,2-19H2,1H3. The number of rotatable bonds is 33. The average Bonchev–Trinajstić information content (AvgIpc) is 0.754. The van der Waals surface area contributed by atoms with Crippen LogP contribution in [0, 0.1) is 70.0 Å². The maximum atomic E-state index is 13.0. The smallest absolute Gasteiger partial charge is 0.309 e. The van der Waals surface area contributed by atoms with Crippen molar-refractivity contribution in [3.05, 3.63) is 72.8 Å². The normalized spacial score (nSPS) is 28.5. The minimum atomic E-state index is -0.457. The zero-order valence-electron chi connectivity index (χ0n) is 62.8. The van der Waals surface area contributed by atoms with E-state index in [1.807, 2.05) is 36.4 Å². The highest BCUT2D eigenvalue weighted by molar-refractivity contribution is 5.96. The monoisotopic (exact) mass is 1430 g/mol. The summed E-state index contributed by atoms with van der Waals surface area (Å²) in [5.74, 6) is 3.27. The second-order valence-corrected chi connectivity index (χ2v) is 33.0. The molecule has 12 fully saturated rings. The highest BCUT2D eigenvalue weighted by atomic mass is 16.6. The number of benzene rings is 3. The molecule has 0 aliphatic heterocycles. The van der Waals surface area contributed by atoms with E-state index in [2.05, 4.69) is 51.1 Å². The van der Waals surface area contributed by atoms with Gasteiger partial charge < -0.3 is 47.5 Å². The van der Waals surface area contributed by atoms with Gasteiger partial charge in [-0.2, -0.15) is 0 Å². The lowest BCUT2D eigenvalue weighted by molar-refractivity contribution is -0.163. The van der Waals surface area contributed by atoms with E-state index in [9.17, 15) is 28.8 Å². The molecular weight excluding hydrogens is 1300 g/mol. The van der Waals surface area contributed by atoms with E-state index in [1.165, 1.54) is 154 Å². The summed E-state index contributed by atoms with van der Waals surface area (Å²) < 4.78 is 47.6. The van der Waals surface area contributed by atoms with Gasteiger partial charge >= 0.3 is 35.8 Å². The lowest BCUT2D eigenvalue weighted by atomic mass is 9.49. The summed E-state index contributed by atoms with van der Waals surface area (Å²) >= 11 is 0. The Labute approximate surface area is 615 Å². The topological polar surface area (TPSA) is 195 Å². The minimum Gasteiger partial charge on any atom is -0.464 e. The van der Waals surface area contributed by atoms with Crippen LogP contribution in [0.4, 0.5) is 11.4 Å². The van der Waals surface area contributed by atoms with Crippen molar-refractivity contribution in [3.63, 3.8) is 0 Å². The van der Waals surface area contributed by atoms with Crippen LogP contribution in [0.2, 0.25) is 0 Å². The third kappa shape index (κ3) is 22.7. The highest BCUT2D eigenvalue weighted by Crippen LogP contribution is 2.62. The third-order valence-electron chi connectivity index (χ3n) is 25.5. The lowest BCUT2D eigenvalue weighted by Gasteiger charge is -2.58. The molecule has 0 heterocycles. The number of ether oxygens (including phenoxy) is 9. The molecule has 0 saturated heterocycles. The Morgan fingerprint density at radius 1 is 0.369 bits per heavy atom. The number of anilines is 2. The van der Waals surface area contributed by atoms with Gasteiger partial charge in [-0.25, -0.2) is 0 Å². The molecule has 103 heavy (non-hydrogen) atoms. The van der Waals surface area contributed by atoms with Crippen molar-refractivity contribution in [1.29, 1.82) is 0 Å². The number of para-hydroxylation sites is 1. The third-order valence-corrected chi connectivity index (χ3v) is 25.5. The van der Waals surface area contributed by atoms with Crippen molar-refractivity contribution in [2.75, 3.05) is 118 Å². The van der Waals surface area contributed by atoms with Gasteiger partial charge in [-0.3, -0.25) is 38.6 Å². The Bertz CT molecular complexity index is 3050. The van der Waals surface area contributed by atoms with Crippen LogP contribution in [0.25, 0.3) is 10.8 Å². The summed E-state index contributed by atoms with van der Waals surface area (Å²) in [7, 11) is 4.72. The molecule has 570 valence electrons. The molecule has 2 unspecified atom stereocenters. The van der Waals surface area contributed by atoms with Crippen LogP contribution >= 0.6 is 0 Å². The molecule has 12 saturated carbocycles. The molecule has 3 aromatic rings. The fourth-order valence-corrected chi connectivity index (χ4v) is 21.5. The van der Waals surface area contributed by atoms with Crippen molar-refractivity contribution < 1.29 is 71.4 Å². The maximum Gasteiger partial charge on any atom is 0.309 e. The molecule has 0 N–H and O–H groups in total. The first kappa shape index (κ1) is 78.4. The quantitative estimate of drug-likeness (QED) is 0.0317. The zero-order chi connectivity index (χ0) is 71.8. The van der Waals surface area contributed by atoms with Gasteiger partial charge in [-0.1, -0.05) is 106 Å². The molecular formula is C85H125N3O15. The number of carbonyl (C=O) groups is 6. The van der Waals surface area contributed by atoms with E-state index >= 15 is 0 Å². The first-order valence-electron chi connectivity index (χ1n) is 40.5. The van der Waals surface area contributed by atoms with Gasteiger partial charge in [0, 0.05) is 76.4 Å². The first-order chi connectivity index (χ1) is 50.3. The Morgan fingerprint density at radius 3 is 1.20 bits per heavy atom. The first-order valence-corrected chi connectivity index (χ1v) is 40.5. The van der Waals surface area contributed by atoms with Crippen LogP contribution in [-0.4, -0.2) is 171 Å². The van der Waals surface area contributed by atoms with Gasteiger partial charge in [-0.15, -0.1) is 0 Å². The summed E-state index contributed by atoms with van der Waals surface area (Å²) in [5.41, 5.74) is 3.13. The second-order valence-electron chi connectivity index (χ2n) is 33.0. The second kappa shape index (κ2) is 39.8. The van der Waals surface area contributed by atoms with Crippen LogP contribution in [-0.2, 0) is 71.4 Å². The molecule has 8 bridgehead atoms. The molecule has 0 aromatic heterocycles. The molecule has 2 atom stereocenters. The summed E-state index contributed by atoms with van der Waals surface area (Å²) in [6.07, 6.45) is 37.0. The summed E-state index contributed by atoms with van der Waals surface area (Å²) in [4.78, 5) is 82.2. The van der Waals surface area contributed by atoms with Gasteiger partial charge in [0.1, 0.15) is 39.6 Å². The van der Waals surface area contributed by atoms with Crippen LogP contribution in [0.3, 0.4) is 0 Å². The van der Waals surface area contributed by atoms with Crippen molar-refractivity contribution in [2.45, 2.75) is 218 Å². The number of fused-ring (bicyclic) bond motifs is 1. The van der Waals surface area contributed by atoms with Crippen LogP contribution < -0.4 is 4.90 Å². The van der Waals surface area contributed by atoms with E-state index in [0.29, 0.717) is 94.8 Å². The lowest BCUT2D eigenvalue weighted by Crippen LogP contribution is -2.53. The van der Waals surface area contributed by atoms with E-state index in [0.717, 1.165) is 96.4 Å². The summed E-state index contributed by atoms with van der Waals surface area (Å²) in [6, 6.07) is 25.9. The number of carbonyl (C=O) groups excluding carboxylic acids is 6. The van der Waals surface area contributed by atoms with Crippen LogP contribution in [0.1, 0.15) is 205 Å². The summed E-state index contributed by atoms with van der Waals surface area (Å²) in [5, 5.41) is 2.29. The van der Waals surface area contributed by atoms with Gasteiger partial charge in [0.2, 0.25) is 0 Å². The Morgan fingerprint density at radius 2 is 0.738 bits per heavy atom. The van der Waals surface area contributed by atoms with Crippen molar-refractivity contribution in [1.82, 2.24) is 9.80 Å². The molecule has 0 spiro atoms. The van der Waals surface area contributed by atoms with Crippen molar-refractivity contribution in [3.8, 4) is 0 Å². The zero-order valence-corrected chi connectivity index (χ0v) is 62.8. The number of hydrogen-bond donors (Lipinski definition) is 0. The highest BCUT2D eigenvalue weighted by Gasteiger charge is 2.53. The van der Waals surface area contributed by atoms with Gasteiger partial charge in [0.15, 0.2) is 0 Å². The van der Waals surface area contributed by atoms with Gasteiger partial charge in [-0.05, 0) is 211 Å². The minimum absolute atomic E-state index is 0.0559. The van der Waals surface area contributed by atoms with Crippen LogP contribution in [0.15, 0.2) is 72.8 Å². The molecule has 12 aliphatic carbocycles. The molecule has 3 aromatic carbocycles. The number of nitrogens with zero attached hydrogens (tertiary/aromatic N) is 3. The molecule has 0 radical (unpaired) electrons. The van der Waals surface area contributed by atoms with Crippen molar-refractivity contribution in [2.24, 2.45) is 70.0 Å². The van der Waals surface area contributed by atoms with E-state index in [-0.39, 0.29) is 80.3 Å². The fourth-order valence-electron chi connectivity index (χ4n) is 21.5. The Balaban J connectivity index is 0.000000155. The van der Waals surface area contributed by atoms with Crippen LogP contribution in [0.5, 0.6) is 0 Å². The molecule has 12 aliphatic rings. The number of esters is 6. The van der Waals surface area contributed by atoms with Gasteiger partial charge in [0.25, 0.3) is 0 Å². The molecule has 0 amide bonds. The summed E-state index contributed by atoms with van der Waals surface area (Å²) in [6.45, 7) is 7.69. The largest absolute Gasteiger partial charge is 0.464 e. The predicted octanol–water partition coefficient (Wildman–Crippen LogP) is 15.2. The van der Waals surface area contributed by atoms with E-state index in [4.69, 9.17) is 42.6 Å². The van der Waals surface area contributed by atoms with E-state index < -0.39 is 11.8 Å². The predicted molar refractivity (Wildman–Crippen MR) is 397 cm³/mol. The maximum absolute atomic E-state index is 13.0. The Hall–Kier alpha value is -5.66. The molecule has 18 nitrogen and oxygen atoms in total. The number of hydrogen-bond acceptors (Lipinski definition) is 18. The SMILES string of the molecule is COCCOC(=O)C1CCC(C(=O)OCCN(CC23CC4CC(CC(C4)C2)C3)C2CCCCC2)CC1.COCCOC(=O)C1CCCCC1C(=O)OCCN(c1ccccc1)c1cccc2ccccc12.COCCOC(=O)CCC(=O)OCCN(CC12CC3CC(CC(C3)C1)C2)C1CCCCC1. The molecule has 15 rings (SSSR count). The number of methoxy groups -OCH3 is 3. The molecule has 18 heteroatoms. The Kier molecular flexibility index (Phi) is 30.3.